The summed E-state index contributed by atoms with van der Waals surface area (Å²) in [6.45, 7) is 1.60. The summed E-state index contributed by atoms with van der Waals surface area (Å²) in [7, 11) is 0. The molecule has 0 spiro atoms. The molecule has 0 aliphatic heterocycles. The molecule has 0 N–H and O–H groups in total. The van der Waals surface area contributed by atoms with Crippen LogP contribution in [0.2, 0.25) is 0 Å². The van der Waals surface area contributed by atoms with Crippen molar-refractivity contribution in [3.63, 3.8) is 0 Å². The summed E-state index contributed by atoms with van der Waals surface area (Å²) >= 11 is 0. The number of benzene rings is 2. The van der Waals surface area contributed by atoms with Gasteiger partial charge in [-0.1, -0.05) is 12.1 Å². The van der Waals surface area contributed by atoms with Gasteiger partial charge in [-0.25, -0.2) is 13.6 Å². The number of fused-ring (bicyclic) bond motifs is 1. The van der Waals surface area contributed by atoms with Crippen LogP contribution in [0.15, 0.2) is 41.3 Å². The topological polar surface area (TPSA) is 115 Å². The number of nitro benzene ring substituents is 1. The minimum absolute atomic E-state index is 0.0283. The Balaban J connectivity index is 1.95. The van der Waals surface area contributed by atoms with Gasteiger partial charge in [-0.3, -0.25) is 14.9 Å². The SMILES string of the molecule is CCOC(=O)c1cn(C2CC2)c2c(F)c(C(C#N)c3ccc([N+](=O)[O-])cc3)c(F)cc2c1=O. The molecule has 33 heavy (non-hydrogen) atoms. The summed E-state index contributed by atoms with van der Waals surface area (Å²) in [5.74, 6) is -4.52. The Morgan fingerprint density at radius 1 is 1.33 bits per heavy atom. The first-order chi connectivity index (χ1) is 15.8. The third-order valence-corrected chi connectivity index (χ3v) is 5.53. The lowest BCUT2D eigenvalue weighted by atomic mass is 9.90. The minimum Gasteiger partial charge on any atom is -0.462 e. The van der Waals surface area contributed by atoms with Gasteiger partial charge in [0.05, 0.1) is 28.5 Å². The summed E-state index contributed by atoms with van der Waals surface area (Å²) in [6.07, 6.45) is 2.57. The Labute approximate surface area is 185 Å². The van der Waals surface area contributed by atoms with Crippen LogP contribution in [0.3, 0.4) is 0 Å². The molecule has 1 aromatic heterocycles. The Hall–Kier alpha value is -4.13. The number of hydrogen-bond donors (Lipinski definition) is 0. The van der Waals surface area contributed by atoms with Crippen molar-refractivity contribution in [2.45, 2.75) is 31.7 Å². The van der Waals surface area contributed by atoms with Crippen molar-refractivity contribution in [2.75, 3.05) is 6.61 Å². The molecule has 10 heteroatoms. The first-order valence-corrected chi connectivity index (χ1v) is 10.2. The quantitative estimate of drug-likeness (QED) is 0.311. The maximum absolute atomic E-state index is 15.8. The summed E-state index contributed by atoms with van der Waals surface area (Å²) < 4.78 is 37.3. The highest BCUT2D eigenvalue weighted by atomic mass is 19.1. The molecule has 0 bridgehead atoms. The van der Waals surface area contributed by atoms with Gasteiger partial charge >= 0.3 is 5.97 Å². The number of aromatic nitrogens is 1. The minimum atomic E-state index is -1.41. The van der Waals surface area contributed by atoms with Crippen molar-refractivity contribution >= 4 is 22.6 Å². The van der Waals surface area contributed by atoms with E-state index in [1.54, 1.807) is 6.92 Å². The fraction of sp³-hybridized carbons (Fsp3) is 0.261. The number of nitro groups is 1. The van der Waals surface area contributed by atoms with Gasteiger partial charge in [0.15, 0.2) is 5.82 Å². The Bertz CT molecular complexity index is 1390. The molecule has 1 saturated carbocycles. The summed E-state index contributed by atoms with van der Waals surface area (Å²) in [6, 6.07) is 7.28. The van der Waals surface area contributed by atoms with Gasteiger partial charge in [-0.2, -0.15) is 5.26 Å². The van der Waals surface area contributed by atoms with E-state index in [4.69, 9.17) is 4.74 Å². The third kappa shape index (κ3) is 3.82. The lowest BCUT2D eigenvalue weighted by molar-refractivity contribution is -0.384. The van der Waals surface area contributed by atoms with Crippen LogP contribution in [0.5, 0.6) is 0 Å². The molecule has 168 valence electrons. The number of pyridine rings is 1. The van der Waals surface area contributed by atoms with Gasteiger partial charge in [0.1, 0.15) is 17.3 Å². The molecule has 0 saturated heterocycles. The lowest BCUT2D eigenvalue weighted by Gasteiger charge is -2.18. The molecule has 1 heterocycles. The second kappa shape index (κ2) is 8.43. The van der Waals surface area contributed by atoms with Crippen molar-refractivity contribution in [2.24, 2.45) is 0 Å². The molecule has 4 rings (SSSR count). The van der Waals surface area contributed by atoms with Crippen LogP contribution in [0.25, 0.3) is 10.9 Å². The first kappa shape index (κ1) is 22.1. The van der Waals surface area contributed by atoms with Gasteiger partial charge in [-0.15, -0.1) is 0 Å². The second-order valence-electron chi connectivity index (χ2n) is 7.62. The number of nitriles is 1. The Morgan fingerprint density at radius 3 is 2.55 bits per heavy atom. The van der Waals surface area contributed by atoms with Crippen molar-refractivity contribution < 1.29 is 23.2 Å². The third-order valence-electron chi connectivity index (χ3n) is 5.53. The molecule has 1 fully saturated rings. The van der Waals surface area contributed by atoms with Crippen LogP contribution in [-0.4, -0.2) is 22.1 Å². The predicted molar refractivity (Wildman–Crippen MR) is 113 cm³/mol. The van der Waals surface area contributed by atoms with Crippen LogP contribution in [0.4, 0.5) is 14.5 Å². The van der Waals surface area contributed by atoms with E-state index < -0.39 is 39.4 Å². The van der Waals surface area contributed by atoms with Crippen LogP contribution >= 0.6 is 0 Å². The standard InChI is InChI=1S/C23H17F2N3O5/c1-2-33-23(30)17-11-27(13-7-8-13)21-15(22(17)29)9-18(24)19(20(21)25)16(10-26)12-3-5-14(6-4-12)28(31)32/h3-6,9,11,13,16H,2,7-8H2,1H3. The number of nitrogens with zero attached hydrogens (tertiary/aromatic N) is 3. The monoisotopic (exact) mass is 453 g/mol. The molecule has 1 unspecified atom stereocenters. The average molecular weight is 453 g/mol. The van der Waals surface area contributed by atoms with Gasteiger partial charge in [-0.05, 0) is 31.4 Å². The number of ether oxygens (including phenoxy) is 1. The zero-order valence-electron chi connectivity index (χ0n) is 17.4. The average Bonchev–Trinajstić information content (AvgIpc) is 3.63. The lowest BCUT2D eigenvalue weighted by Crippen LogP contribution is -2.22. The molecule has 2 aromatic carbocycles. The number of non-ortho nitro benzene ring substituents is 1. The van der Waals surface area contributed by atoms with Gasteiger partial charge < -0.3 is 9.30 Å². The highest BCUT2D eigenvalue weighted by molar-refractivity contribution is 5.94. The number of carbonyl (C=O) groups is 1. The molecule has 1 aliphatic carbocycles. The van der Waals surface area contributed by atoms with Crippen molar-refractivity contribution in [1.82, 2.24) is 4.57 Å². The number of esters is 1. The normalized spacial score (nSPS) is 14.0. The summed E-state index contributed by atoms with van der Waals surface area (Å²) in [4.78, 5) is 35.4. The second-order valence-corrected chi connectivity index (χ2v) is 7.62. The maximum atomic E-state index is 15.8. The smallest absolute Gasteiger partial charge is 0.343 e. The van der Waals surface area contributed by atoms with Crippen molar-refractivity contribution in [3.05, 3.63) is 85.2 Å². The fourth-order valence-electron chi connectivity index (χ4n) is 3.81. The van der Waals surface area contributed by atoms with E-state index in [0.717, 1.165) is 18.2 Å². The van der Waals surface area contributed by atoms with E-state index in [1.165, 1.54) is 22.9 Å². The van der Waals surface area contributed by atoms with Gasteiger partial charge in [0.2, 0.25) is 5.43 Å². The number of carbonyl (C=O) groups excluding carboxylic acids is 1. The molecule has 0 radical (unpaired) electrons. The molecule has 1 atom stereocenters. The Morgan fingerprint density at radius 2 is 2.00 bits per heavy atom. The molecular formula is C23H17F2N3O5. The van der Waals surface area contributed by atoms with Crippen LogP contribution in [0.1, 0.15) is 53.2 Å². The van der Waals surface area contributed by atoms with Crippen LogP contribution in [-0.2, 0) is 4.74 Å². The van der Waals surface area contributed by atoms with Gasteiger partial charge in [0.25, 0.3) is 5.69 Å². The van der Waals surface area contributed by atoms with Crippen molar-refractivity contribution in [3.8, 4) is 6.07 Å². The van der Waals surface area contributed by atoms with Crippen LogP contribution < -0.4 is 5.43 Å². The number of halogens is 2. The first-order valence-electron chi connectivity index (χ1n) is 10.2. The van der Waals surface area contributed by atoms with E-state index in [1.807, 2.05) is 6.07 Å². The zero-order valence-corrected chi connectivity index (χ0v) is 17.4. The Kier molecular flexibility index (Phi) is 5.64. The highest BCUT2D eigenvalue weighted by Crippen LogP contribution is 2.40. The summed E-state index contributed by atoms with van der Waals surface area (Å²) in [5, 5.41) is 20.3. The largest absolute Gasteiger partial charge is 0.462 e. The number of hydrogen-bond acceptors (Lipinski definition) is 6. The zero-order chi connectivity index (χ0) is 23.9. The van der Waals surface area contributed by atoms with Crippen LogP contribution in [0, 0.1) is 33.1 Å². The van der Waals surface area contributed by atoms with E-state index in [9.17, 15) is 25.0 Å². The summed E-state index contributed by atoms with van der Waals surface area (Å²) in [5.41, 5.74) is -2.04. The molecule has 3 aromatic rings. The van der Waals surface area contributed by atoms with E-state index >= 15 is 8.78 Å². The van der Waals surface area contributed by atoms with E-state index in [0.29, 0.717) is 12.8 Å². The number of rotatable bonds is 6. The molecule has 1 aliphatic rings. The van der Waals surface area contributed by atoms with E-state index in [2.05, 4.69) is 0 Å². The highest BCUT2D eigenvalue weighted by Gasteiger charge is 2.32. The fourth-order valence-corrected chi connectivity index (χ4v) is 3.81. The predicted octanol–water partition coefficient (Wildman–Crippen LogP) is 4.35. The van der Waals surface area contributed by atoms with Crippen molar-refractivity contribution in [1.29, 1.82) is 5.26 Å². The van der Waals surface area contributed by atoms with Gasteiger partial charge in [0, 0.05) is 29.9 Å². The molecule has 8 nitrogen and oxygen atoms in total. The van der Waals surface area contributed by atoms with E-state index in [-0.39, 0.29) is 40.4 Å². The molecule has 0 amide bonds. The molecular weight excluding hydrogens is 436 g/mol. The maximum Gasteiger partial charge on any atom is 0.343 e.